The first-order valence-corrected chi connectivity index (χ1v) is 10.7. The second-order valence-corrected chi connectivity index (χ2v) is 8.13. The molecule has 0 unspecified atom stereocenters. The van der Waals surface area contributed by atoms with E-state index in [1.807, 2.05) is 41.2 Å². The van der Waals surface area contributed by atoms with Crippen molar-refractivity contribution in [1.82, 2.24) is 14.7 Å². The van der Waals surface area contributed by atoms with E-state index in [9.17, 15) is 14.6 Å². The molecule has 1 aliphatic heterocycles. The topological polar surface area (TPSA) is 80.0 Å². The lowest BCUT2D eigenvalue weighted by Gasteiger charge is -2.42. The monoisotopic (exact) mass is 441 g/mol. The molecule has 8 heteroatoms. The van der Waals surface area contributed by atoms with Crippen molar-refractivity contribution in [3.05, 3.63) is 78.4 Å². The Morgan fingerprint density at radius 1 is 1.09 bits per heavy atom. The minimum atomic E-state index is -1.41. The van der Waals surface area contributed by atoms with Crippen LogP contribution in [0.1, 0.15) is 12.0 Å². The fourth-order valence-electron chi connectivity index (χ4n) is 3.84. The number of aromatic nitrogens is 2. The van der Waals surface area contributed by atoms with Crippen molar-refractivity contribution >= 4 is 0 Å². The van der Waals surface area contributed by atoms with Crippen molar-refractivity contribution < 1.29 is 24.1 Å². The SMILES string of the molecule is O[C@H]1CCN(Cc2cccc(OCCn3cccn3)c2)C[C@]1(O)COc1ccc(F)cc1. The van der Waals surface area contributed by atoms with E-state index in [4.69, 9.17) is 9.47 Å². The average molecular weight is 442 g/mol. The predicted molar refractivity (Wildman–Crippen MR) is 117 cm³/mol. The van der Waals surface area contributed by atoms with Gasteiger partial charge in [-0.1, -0.05) is 12.1 Å². The summed E-state index contributed by atoms with van der Waals surface area (Å²) in [5.41, 5.74) is -0.357. The number of likely N-dealkylation sites (tertiary alicyclic amines) is 1. The molecule has 1 aliphatic rings. The van der Waals surface area contributed by atoms with Gasteiger partial charge in [-0.25, -0.2) is 4.39 Å². The summed E-state index contributed by atoms with van der Waals surface area (Å²) in [4.78, 5) is 2.09. The van der Waals surface area contributed by atoms with Crippen LogP contribution in [0.4, 0.5) is 4.39 Å². The average Bonchev–Trinajstić information content (AvgIpc) is 3.30. The smallest absolute Gasteiger partial charge is 0.137 e. The van der Waals surface area contributed by atoms with Crippen molar-refractivity contribution in [2.24, 2.45) is 0 Å². The summed E-state index contributed by atoms with van der Waals surface area (Å²) in [7, 11) is 0. The minimum Gasteiger partial charge on any atom is -0.492 e. The molecule has 2 atom stereocenters. The summed E-state index contributed by atoms with van der Waals surface area (Å²) in [6, 6.07) is 15.3. The fraction of sp³-hybridized carbons (Fsp3) is 0.375. The summed E-state index contributed by atoms with van der Waals surface area (Å²) < 4.78 is 26.4. The van der Waals surface area contributed by atoms with Gasteiger partial charge < -0.3 is 19.7 Å². The second kappa shape index (κ2) is 10.1. The number of ether oxygens (including phenoxy) is 2. The highest BCUT2D eigenvalue weighted by Crippen LogP contribution is 2.26. The molecule has 2 N–H and O–H groups in total. The number of hydrogen-bond acceptors (Lipinski definition) is 6. The number of β-amino-alcohol motifs (C(OH)–C–C–N with tert-alkyl or cyclic N) is 1. The van der Waals surface area contributed by atoms with E-state index >= 15 is 0 Å². The lowest BCUT2D eigenvalue weighted by molar-refractivity contribution is -0.140. The number of rotatable bonds is 9. The van der Waals surface area contributed by atoms with Gasteiger partial charge in [0.25, 0.3) is 0 Å². The third-order valence-electron chi connectivity index (χ3n) is 5.59. The number of hydrogen-bond donors (Lipinski definition) is 2. The van der Waals surface area contributed by atoms with Crippen LogP contribution < -0.4 is 9.47 Å². The second-order valence-electron chi connectivity index (χ2n) is 8.13. The van der Waals surface area contributed by atoms with Crippen LogP contribution in [0.25, 0.3) is 0 Å². The Hall–Kier alpha value is -2.94. The Kier molecular flexibility index (Phi) is 7.04. The van der Waals surface area contributed by atoms with Gasteiger partial charge >= 0.3 is 0 Å². The predicted octanol–water partition coefficient (Wildman–Crippen LogP) is 2.48. The number of piperidine rings is 1. The summed E-state index contributed by atoms with van der Waals surface area (Å²) in [6.45, 7) is 2.64. The molecule has 1 aromatic heterocycles. The first-order valence-electron chi connectivity index (χ1n) is 10.7. The van der Waals surface area contributed by atoms with Crippen molar-refractivity contribution in [3.63, 3.8) is 0 Å². The molecule has 4 rings (SSSR count). The Balaban J connectivity index is 1.32. The molecule has 0 radical (unpaired) electrons. The summed E-state index contributed by atoms with van der Waals surface area (Å²) >= 11 is 0. The van der Waals surface area contributed by atoms with E-state index in [-0.39, 0.29) is 19.0 Å². The van der Waals surface area contributed by atoms with Crippen LogP contribution in [0.5, 0.6) is 11.5 Å². The highest BCUT2D eigenvalue weighted by Gasteiger charge is 2.42. The quantitative estimate of drug-likeness (QED) is 0.531. The largest absolute Gasteiger partial charge is 0.492 e. The van der Waals surface area contributed by atoms with Crippen molar-refractivity contribution in [2.75, 3.05) is 26.3 Å². The highest BCUT2D eigenvalue weighted by molar-refractivity contribution is 5.28. The highest BCUT2D eigenvalue weighted by atomic mass is 19.1. The van der Waals surface area contributed by atoms with Crippen LogP contribution in [-0.4, -0.2) is 62.9 Å². The maximum absolute atomic E-state index is 13.1. The van der Waals surface area contributed by atoms with Gasteiger partial charge in [-0.15, -0.1) is 0 Å². The first-order chi connectivity index (χ1) is 15.5. The zero-order chi connectivity index (χ0) is 22.4. The van der Waals surface area contributed by atoms with Crippen LogP contribution in [-0.2, 0) is 13.1 Å². The van der Waals surface area contributed by atoms with E-state index < -0.39 is 11.7 Å². The Morgan fingerprint density at radius 3 is 2.72 bits per heavy atom. The third kappa shape index (κ3) is 5.85. The summed E-state index contributed by atoms with van der Waals surface area (Å²) in [5.74, 6) is 0.873. The first kappa shape index (κ1) is 22.3. The van der Waals surface area contributed by atoms with E-state index in [0.717, 1.165) is 11.3 Å². The molecule has 0 spiro atoms. The van der Waals surface area contributed by atoms with Crippen LogP contribution in [0.15, 0.2) is 67.0 Å². The van der Waals surface area contributed by atoms with Crippen molar-refractivity contribution in [1.29, 1.82) is 0 Å². The molecule has 0 aliphatic carbocycles. The summed E-state index contributed by atoms with van der Waals surface area (Å²) in [6.07, 6.45) is 3.17. The lowest BCUT2D eigenvalue weighted by Crippen LogP contribution is -2.59. The molecule has 1 fully saturated rings. The molecule has 7 nitrogen and oxygen atoms in total. The maximum Gasteiger partial charge on any atom is 0.137 e. The maximum atomic E-state index is 13.1. The van der Waals surface area contributed by atoms with Crippen LogP contribution in [0, 0.1) is 5.82 Å². The van der Waals surface area contributed by atoms with Gasteiger partial charge in [0.05, 0.1) is 12.6 Å². The number of aliphatic hydroxyl groups is 2. The van der Waals surface area contributed by atoms with E-state index in [0.29, 0.717) is 38.4 Å². The van der Waals surface area contributed by atoms with Crippen LogP contribution >= 0.6 is 0 Å². The van der Waals surface area contributed by atoms with Gasteiger partial charge in [0.2, 0.25) is 0 Å². The summed E-state index contributed by atoms with van der Waals surface area (Å²) in [5, 5.41) is 25.6. The Morgan fingerprint density at radius 2 is 1.94 bits per heavy atom. The molecule has 170 valence electrons. The number of aliphatic hydroxyl groups excluding tert-OH is 1. The van der Waals surface area contributed by atoms with Gasteiger partial charge in [0, 0.05) is 32.0 Å². The van der Waals surface area contributed by atoms with Crippen LogP contribution in [0.3, 0.4) is 0 Å². The normalized spacial score (nSPS) is 21.4. The molecule has 2 heterocycles. The van der Waals surface area contributed by atoms with Crippen LogP contribution in [0.2, 0.25) is 0 Å². The zero-order valence-corrected chi connectivity index (χ0v) is 17.8. The fourth-order valence-corrected chi connectivity index (χ4v) is 3.84. The van der Waals surface area contributed by atoms with E-state index in [1.165, 1.54) is 24.3 Å². The number of halogens is 1. The van der Waals surface area contributed by atoms with Gasteiger partial charge in [-0.2, -0.15) is 5.10 Å². The molecule has 0 amide bonds. The Labute approximate surface area is 186 Å². The van der Waals surface area contributed by atoms with E-state index in [2.05, 4.69) is 10.00 Å². The third-order valence-corrected chi connectivity index (χ3v) is 5.59. The molecule has 0 saturated carbocycles. The van der Waals surface area contributed by atoms with Gasteiger partial charge in [-0.3, -0.25) is 9.58 Å². The molecule has 3 aromatic rings. The molecule has 32 heavy (non-hydrogen) atoms. The van der Waals surface area contributed by atoms with Gasteiger partial charge in [0.1, 0.15) is 36.1 Å². The van der Waals surface area contributed by atoms with Gasteiger partial charge in [0.15, 0.2) is 0 Å². The number of nitrogens with zero attached hydrogens (tertiary/aromatic N) is 3. The molecule has 1 saturated heterocycles. The number of benzene rings is 2. The molecule has 2 aromatic carbocycles. The lowest BCUT2D eigenvalue weighted by atomic mass is 9.90. The zero-order valence-electron chi connectivity index (χ0n) is 17.8. The van der Waals surface area contributed by atoms with Gasteiger partial charge in [-0.05, 0) is 54.4 Å². The van der Waals surface area contributed by atoms with Crippen molar-refractivity contribution in [2.45, 2.75) is 31.2 Å². The van der Waals surface area contributed by atoms with Crippen molar-refractivity contribution in [3.8, 4) is 11.5 Å². The van der Waals surface area contributed by atoms with E-state index in [1.54, 1.807) is 6.20 Å². The Bertz CT molecular complexity index is 983. The molecular weight excluding hydrogens is 413 g/mol. The standard InChI is InChI=1S/C24H28FN3O4/c25-20-5-7-21(8-6-20)32-18-24(30)17-27(12-9-23(24)29)16-19-3-1-4-22(15-19)31-14-13-28-11-2-10-26-28/h1-8,10-11,15,23,29-30H,9,12-14,16-18H2/t23-,24-/m0/s1. The molecular formula is C24H28FN3O4. The minimum absolute atomic E-state index is 0.0765. The molecule has 0 bridgehead atoms.